The molecule has 9 heteroatoms. The maximum Gasteiger partial charge on any atom is 0.243 e. The van der Waals surface area contributed by atoms with E-state index in [9.17, 15) is 18.0 Å². The lowest BCUT2D eigenvalue weighted by molar-refractivity contribution is -0.121. The molecule has 0 bridgehead atoms. The second-order valence-corrected chi connectivity index (χ2v) is 9.31. The zero-order chi connectivity index (χ0) is 23.8. The molecule has 0 radical (unpaired) electrons. The van der Waals surface area contributed by atoms with Crippen LogP contribution in [0.3, 0.4) is 0 Å². The van der Waals surface area contributed by atoms with Crippen LogP contribution in [0, 0.1) is 0 Å². The monoisotopic (exact) mass is 467 g/mol. The fourth-order valence-electron chi connectivity index (χ4n) is 3.00. The van der Waals surface area contributed by atoms with E-state index in [2.05, 4.69) is 10.6 Å². The van der Waals surface area contributed by atoms with Crippen LogP contribution in [0.2, 0.25) is 0 Å². The summed E-state index contributed by atoms with van der Waals surface area (Å²) < 4.78 is 32.4. The van der Waals surface area contributed by atoms with Crippen LogP contribution in [0.1, 0.15) is 12.5 Å². The van der Waals surface area contributed by atoms with E-state index < -0.39 is 15.9 Å². The molecule has 2 N–H and O–H groups in total. The van der Waals surface area contributed by atoms with Crippen molar-refractivity contribution in [3.8, 4) is 11.5 Å². The summed E-state index contributed by atoms with van der Waals surface area (Å²) in [7, 11) is -2.54. The topological polar surface area (TPSA) is 105 Å². The van der Waals surface area contributed by atoms with Crippen LogP contribution in [0.4, 0.5) is 5.69 Å². The van der Waals surface area contributed by atoms with Gasteiger partial charge in [-0.1, -0.05) is 36.4 Å². The summed E-state index contributed by atoms with van der Waals surface area (Å²) >= 11 is 0. The Hall–Kier alpha value is -3.69. The van der Waals surface area contributed by atoms with Gasteiger partial charge < -0.3 is 15.4 Å². The lowest BCUT2D eigenvalue weighted by Gasteiger charge is -2.18. The molecule has 0 aromatic heterocycles. The van der Waals surface area contributed by atoms with Gasteiger partial charge in [0.2, 0.25) is 21.8 Å². The Morgan fingerprint density at radius 3 is 2.21 bits per heavy atom. The Labute approximate surface area is 193 Å². The zero-order valence-corrected chi connectivity index (χ0v) is 19.1. The first kappa shape index (κ1) is 24.0. The van der Waals surface area contributed by atoms with Gasteiger partial charge in [-0.25, -0.2) is 8.42 Å². The second-order valence-electron chi connectivity index (χ2n) is 7.27. The molecule has 0 aliphatic rings. The summed E-state index contributed by atoms with van der Waals surface area (Å²) in [6, 6.07) is 22.3. The molecule has 0 fully saturated rings. The SMILES string of the molecule is CC(=O)Nc1ccc(S(=O)(=O)N(C)CC(=O)NCc2ccccc2Oc2ccccc2)cc1. The molecule has 3 rings (SSSR count). The molecule has 3 aromatic rings. The molecule has 0 aliphatic heterocycles. The first-order chi connectivity index (χ1) is 15.8. The minimum Gasteiger partial charge on any atom is -0.457 e. The standard InChI is InChI=1S/C24H25N3O5S/c1-18(28)26-20-12-14-22(15-13-20)33(30,31)27(2)17-24(29)25-16-19-8-6-7-11-23(19)32-21-9-4-3-5-10-21/h3-15H,16-17H2,1-2H3,(H,25,29)(H,26,28). The molecule has 33 heavy (non-hydrogen) atoms. The van der Waals surface area contributed by atoms with Gasteiger partial charge in [-0.2, -0.15) is 4.31 Å². The van der Waals surface area contributed by atoms with Gasteiger partial charge in [0.05, 0.1) is 11.4 Å². The van der Waals surface area contributed by atoms with Crippen molar-refractivity contribution in [3.05, 3.63) is 84.4 Å². The quantitative estimate of drug-likeness (QED) is 0.502. The zero-order valence-electron chi connectivity index (χ0n) is 18.3. The molecule has 3 aromatic carbocycles. The number of rotatable bonds is 9. The van der Waals surface area contributed by atoms with Gasteiger partial charge >= 0.3 is 0 Å². The van der Waals surface area contributed by atoms with E-state index in [-0.39, 0.29) is 23.9 Å². The number of amides is 2. The average Bonchev–Trinajstić information content (AvgIpc) is 2.79. The Morgan fingerprint density at radius 1 is 0.909 bits per heavy atom. The minimum atomic E-state index is -3.88. The van der Waals surface area contributed by atoms with Crippen LogP contribution in [-0.4, -0.2) is 38.1 Å². The maximum atomic E-state index is 12.8. The molecule has 0 saturated carbocycles. The van der Waals surface area contributed by atoms with Crippen LogP contribution in [0.15, 0.2) is 83.8 Å². The Morgan fingerprint density at radius 2 is 1.55 bits per heavy atom. The fraction of sp³-hybridized carbons (Fsp3) is 0.167. The lowest BCUT2D eigenvalue weighted by Crippen LogP contribution is -2.38. The number of nitrogens with one attached hydrogen (secondary N) is 2. The number of carbonyl (C=O) groups is 2. The number of hydrogen-bond acceptors (Lipinski definition) is 5. The molecule has 0 saturated heterocycles. The van der Waals surface area contributed by atoms with Crippen LogP contribution in [0.5, 0.6) is 11.5 Å². The van der Waals surface area contributed by atoms with Gasteiger partial charge in [0, 0.05) is 31.8 Å². The van der Waals surface area contributed by atoms with E-state index in [4.69, 9.17) is 4.74 Å². The molecule has 0 atom stereocenters. The lowest BCUT2D eigenvalue weighted by atomic mass is 10.2. The summed E-state index contributed by atoms with van der Waals surface area (Å²) in [5.41, 5.74) is 1.24. The third-order valence-corrected chi connectivity index (χ3v) is 6.49. The summed E-state index contributed by atoms with van der Waals surface area (Å²) in [6.45, 7) is 1.20. The molecule has 0 spiro atoms. The van der Waals surface area contributed by atoms with Crippen molar-refractivity contribution >= 4 is 27.5 Å². The highest BCUT2D eigenvalue weighted by Crippen LogP contribution is 2.25. The Bertz CT molecular complexity index is 1210. The highest BCUT2D eigenvalue weighted by molar-refractivity contribution is 7.89. The van der Waals surface area contributed by atoms with Crippen molar-refractivity contribution in [2.75, 3.05) is 18.9 Å². The fourth-order valence-corrected chi connectivity index (χ4v) is 4.12. The summed E-state index contributed by atoms with van der Waals surface area (Å²) in [4.78, 5) is 23.6. The predicted octanol–water partition coefficient (Wildman–Crippen LogP) is 3.37. The smallest absolute Gasteiger partial charge is 0.243 e. The number of sulfonamides is 1. The molecule has 0 heterocycles. The summed E-state index contributed by atoms with van der Waals surface area (Å²) in [5, 5.41) is 5.31. The van der Waals surface area contributed by atoms with Gasteiger partial charge in [-0.05, 0) is 42.5 Å². The number of hydrogen-bond donors (Lipinski definition) is 2. The Kier molecular flexibility index (Phi) is 7.81. The van der Waals surface area contributed by atoms with Gasteiger partial charge in [-0.15, -0.1) is 0 Å². The molecule has 172 valence electrons. The number of anilines is 1. The van der Waals surface area contributed by atoms with E-state index in [0.29, 0.717) is 17.2 Å². The molecule has 0 unspecified atom stereocenters. The van der Waals surface area contributed by atoms with E-state index in [1.165, 1.54) is 38.2 Å². The molecule has 2 amide bonds. The molecular weight excluding hydrogens is 442 g/mol. The van der Waals surface area contributed by atoms with Crippen LogP contribution >= 0.6 is 0 Å². The van der Waals surface area contributed by atoms with E-state index in [1.54, 1.807) is 6.07 Å². The highest BCUT2D eigenvalue weighted by Gasteiger charge is 2.23. The highest BCUT2D eigenvalue weighted by atomic mass is 32.2. The number of nitrogens with zero attached hydrogens (tertiary/aromatic N) is 1. The number of likely N-dealkylation sites (N-methyl/N-ethyl adjacent to an activating group) is 1. The summed E-state index contributed by atoms with van der Waals surface area (Å²) in [6.07, 6.45) is 0. The largest absolute Gasteiger partial charge is 0.457 e. The molecular formula is C24H25N3O5S. The summed E-state index contributed by atoms with van der Waals surface area (Å²) in [5.74, 6) is 0.566. The van der Waals surface area contributed by atoms with Crippen molar-refractivity contribution < 1.29 is 22.7 Å². The van der Waals surface area contributed by atoms with E-state index >= 15 is 0 Å². The number of ether oxygens (including phenoxy) is 1. The van der Waals surface area contributed by atoms with Gasteiger partial charge in [0.15, 0.2) is 0 Å². The van der Waals surface area contributed by atoms with Crippen molar-refractivity contribution in [1.82, 2.24) is 9.62 Å². The number of para-hydroxylation sites is 2. The van der Waals surface area contributed by atoms with Crippen LogP contribution < -0.4 is 15.4 Å². The Balaban J connectivity index is 1.60. The third kappa shape index (κ3) is 6.64. The van der Waals surface area contributed by atoms with Gasteiger partial charge in [0.25, 0.3) is 0 Å². The van der Waals surface area contributed by atoms with Gasteiger partial charge in [-0.3, -0.25) is 9.59 Å². The van der Waals surface area contributed by atoms with E-state index in [0.717, 1.165) is 9.87 Å². The van der Waals surface area contributed by atoms with Crippen molar-refractivity contribution in [2.24, 2.45) is 0 Å². The third-order valence-electron chi connectivity index (χ3n) is 4.67. The maximum absolute atomic E-state index is 12.8. The first-order valence-electron chi connectivity index (χ1n) is 10.2. The number of carbonyl (C=O) groups excluding carboxylic acids is 2. The van der Waals surface area contributed by atoms with Gasteiger partial charge in [0.1, 0.15) is 11.5 Å². The molecule has 0 aliphatic carbocycles. The van der Waals surface area contributed by atoms with E-state index in [1.807, 2.05) is 48.5 Å². The first-order valence-corrected chi connectivity index (χ1v) is 11.6. The normalized spacial score (nSPS) is 11.1. The predicted molar refractivity (Wildman–Crippen MR) is 125 cm³/mol. The van der Waals surface area contributed by atoms with Crippen molar-refractivity contribution in [2.45, 2.75) is 18.4 Å². The van der Waals surface area contributed by atoms with Crippen LogP contribution in [-0.2, 0) is 26.2 Å². The minimum absolute atomic E-state index is 0.0218. The molecule has 8 nitrogen and oxygen atoms in total. The van der Waals surface area contributed by atoms with Crippen LogP contribution in [0.25, 0.3) is 0 Å². The van der Waals surface area contributed by atoms with Crippen molar-refractivity contribution in [3.63, 3.8) is 0 Å². The van der Waals surface area contributed by atoms with Crippen molar-refractivity contribution in [1.29, 1.82) is 0 Å². The second kappa shape index (κ2) is 10.8. The number of benzene rings is 3. The average molecular weight is 468 g/mol.